The second-order valence-corrected chi connectivity index (χ2v) is 4.93. The van der Waals surface area contributed by atoms with Gasteiger partial charge in [0.25, 0.3) is 5.91 Å². The molecule has 0 aromatic carbocycles. The van der Waals surface area contributed by atoms with E-state index in [0.29, 0.717) is 6.61 Å². The number of rotatable bonds is 8. The fourth-order valence-corrected chi connectivity index (χ4v) is 2.26. The van der Waals surface area contributed by atoms with Crippen LogP contribution in [0.15, 0.2) is 11.4 Å². The maximum atomic E-state index is 12.3. The van der Waals surface area contributed by atoms with Gasteiger partial charge in [0.2, 0.25) is 0 Å². The molecule has 1 heterocycles. The largest absolute Gasteiger partial charge is 0.469 e. The normalized spacial score (nSPS) is 10.2. The van der Waals surface area contributed by atoms with Gasteiger partial charge >= 0.3 is 11.0 Å². The van der Waals surface area contributed by atoms with Crippen LogP contribution in [0.5, 0.6) is 0 Å². The molecule has 1 rings (SSSR count). The van der Waals surface area contributed by atoms with E-state index >= 15 is 0 Å². The highest BCUT2D eigenvalue weighted by Crippen LogP contribution is 2.23. The fraction of sp³-hybridized carbons (Fsp3) is 0.500. The van der Waals surface area contributed by atoms with Crippen LogP contribution in [-0.2, 0) is 14.3 Å². The molecule has 1 aromatic rings. The average molecular weight is 316 g/mol. The molecule has 0 aliphatic rings. The molecule has 0 bridgehead atoms. The summed E-state index contributed by atoms with van der Waals surface area (Å²) in [5, 5.41) is 12.0. The summed E-state index contributed by atoms with van der Waals surface area (Å²) >= 11 is 0.887. The number of nitro groups is 1. The van der Waals surface area contributed by atoms with Crippen LogP contribution in [0.4, 0.5) is 5.00 Å². The molecular formula is C12H16N2O6S. The van der Waals surface area contributed by atoms with Crippen LogP contribution in [0.1, 0.15) is 16.8 Å². The van der Waals surface area contributed by atoms with E-state index in [0.717, 1.165) is 11.3 Å². The Bertz CT molecular complexity index is 516. The average Bonchev–Trinajstić information content (AvgIpc) is 2.96. The van der Waals surface area contributed by atoms with Crippen LogP contribution < -0.4 is 0 Å². The molecule has 21 heavy (non-hydrogen) atoms. The van der Waals surface area contributed by atoms with Crippen molar-refractivity contribution in [2.75, 3.05) is 33.9 Å². The highest BCUT2D eigenvalue weighted by Gasteiger charge is 2.21. The van der Waals surface area contributed by atoms with Crippen molar-refractivity contribution in [1.29, 1.82) is 0 Å². The molecule has 0 aliphatic heterocycles. The monoisotopic (exact) mass is 316 g/mol. The number of hydrogen-bond donors (Lipinski definition) is 0. The molecule has 0 aliphatic carbocycles. The van der Waals surface area contributed by atoms with Crippen molar-refractivity contribution in [3.8, 4) is 0 Å². The standard InChI is InChI=1S/C12H16N2O6S/c1-19-6-5-13(4-3-11(15)20-2)12(16)9-7-10(14(17)18)21-8-9/h7-8H,3-6H2,1-2H3. The van der Waals surface area contributed by atoms with E-state index in [4.69, 9.17) is 4.74 Å². The molecule has 0 saturated carbocycles. The molecule has 0 spiro atoms. The molecule has 0 radical (unpaired) electrons. The third-order valence-corrected chi connectivity index (χ3v) is 3.56. The van der Waals surface area contributed by atoms with Gasteiger partial charge in [0.05, 0.1) is 30.6 Å². The lowest BCUT2D eigenvalue weighted by molar-refractivity contribution is -0.380. The lowest BCUT2D eigenvalue weighted by Gasteiger charge is -2.21. The van der Waals surface area contributed by atoms with E-state index in [1.54, 1.807) is 0 Å². The molecule has 0 fully saturated rings. The molecular weight excluding hydrogens is 300 g/mol. The van der Waals surface area contributed by atoms with E-state index in [1.807, 2.05) is 0 Å². The Hall–Kier alpha value is -2.00. The molecule has 8 nitrogen and oxygen atoms in total. The van der Waals surface area contributed by atoms with Crippen LogP contribution in [0, 0.1) is 10.1 Å². The van der Waals surface area contributed by atoms with E-state index in [9.17, 15) is 19.7 Å². The van der Waals surface area contributed by atoms with Crippen LogP contribution >= 0.6 is 11.3 Å². The third-order valence-electron chi connectivity index (χ3n) is 2.68. The number of hydrogen-bond acceptors (Lipinski definition) is 7. The van der Waals surface area contributed by atoms with Crippen molar-refractivity contribution >= 4 is 28.2 Å². The van der Waals surface area contributed by atoms with Crippen molar-refractivity contribution in [3.05, 3.63) is 27.1 Å². The molecule has 0 atom stereocenters. The minimum absolute atomic E-state index is 0.0538. The Morgan fingerprint density at radius 2 is 2.10 bits per heavy atom. The second kappa shape index (κ2) is 8.32. The number of amides is 1. The van der Waals surface area contributed by atoms with E-state index in [1.165, 1.54) is 30.6 Å². The van der Waals surface area contributed by atoms with Gasteiger partial charge in [-0.05, 0) is 0 Å². The van der Waals surface area contributed by atoms with Crippen molar-refractivity contribution < 1.29 is 24.0 Å². The first-order valence-corrected chi connectivity index (χ1v) is 6.95. The topological polar surface area (TPSA) is 99.0 Å². The zero-order valence-electron chi connectivity index (χ0n) is 11.7. The first kappa shape index (κ1) is 17.1. The van der Waals surface area contributed by atoms with Gasteiger partial charge in [-0.3, -0.25) is 19.7 Å². The molecule has 0 unspecified atom stereocenters. The maximum Gasteiger partial charge on any atom is 0.324 e. The summed E-state index contributed by atoms with van der Waals surface area (Å²) in [5.41, 5.74) is 0.229. The van der Waals surface area contributed by atoms with Gasteiger partial charge in [-0.25, -0.2) is 0 Å². The number of esters is 1. The summed E-state index contributed by atoms with van der Waals surface area (Å²) in [6, 6.07) is 1.23. The number of carbonyl (C=O) groups is 2. The summed E-state index contributed by atoms with van der Waals surface area (Å²) in [6.07, 6.45) is 0.0538. The predicted molar refractivity (Wildman–Crippen MR) is 75.4 cm³/mol. The number of ether oxygens (including phenoxy) is 2. The Labute approximate surface area is 125 Å². The molecule has 0 N–H and O–H groups in total. The minimum Gasteiger partial charge on any atom is -0.469 e. The summed E-state index contributed by atoms with van der Waals surface area (Å²) in [7, 11) is 2.77. The smallest absolute Gasteiger partial charge is 0.324 e. The first-order chi connectivity index (χ1) is 9.99. The highest BCUT2D eigenvalue weighted by molar-refractivity contribution is 7.13. The molecule has 116 valence electrons. The molecule has 1 aromatic heterocycles. The number of carbonyl (C=O) groups excluding carboxylic acids is 2. The first-order valence-electron chi connectivity index (χ1n) is 6.07. The van der Waals surface area contributed by atoms with Gasteiger partial charge in [0.1, 0.15) is 0 Å². The van der Waals surface area contributed by atoms with Gasteiger partial charge in [-0.1, -0.05) is 11.3 Å². The Kier molecular flexibility index (Phi) is 6.76. The lowest BCUT2D eigenvalue weighted by Crippen LogP contribution is -2.35. The van der Waals surface area contributed by atoms with Crippen LogP contribution in [0.25, 0.3) is 0 Å². The predicted octanol–water partition coefficient (Wildman–Crippen LogP) is 1.31. The van der Waals surface area contributed by atoms with Crippen molar-refractivity contribution in [3.63, 3.8) is 0 Å². The van der Waals surface area contributed by atoms with Crippen molar-refractivity contribution in [1.82, 2.24) is 4.90 Å². The molecule has 1 amide bonds. The molecule has 9 heteroatoms. The van der Waals surface area contributed by atoms with E-state index in [2.05, 4.69) is 4.74 Å². The van der Waals surface area contributed by atoms with Gasteiger partial charge in [-0.2, -0.15) is 0 Å². The Balaban J connectivity index is 2.77. The molecule has 0 saturated heterocycles. The lowest BCUT2D eigenvalue weighted by atomic mass is 10.2. The van der Waals surface area contributed by atoms with Crippen LogP contribution in [0.3, 0.4) is 0 Å². The Morgan fingerprint density at radius 1 is 1.38 bits per heavy atom. The quantitative estimate of drug-likeness (QED) is 0.407. The second-order valence-electron chi connectivity index (χ2n) is 4.04. The zero-order chi connectivity index (χ0) is 15.8. The number of methoxy groups -OCH3 is 2. The maximum absolute atomic E-state index is 12.3. The summed E-state index contributed by atoms with van der Waals surface area (Å²) in [6.45, 7) is 0.758. The van der Waals surface area contributed by atoms with Gasteiger partial charge in [0.15, 0.2) is 0 Å². The highest BCUT2D eigenvalue weighted by atomic mass is 32.1. The van der Waals surface area contributed by atoms with Crippen molar-refractivity contribution in [2.24, 2.45) is 0 Å². The zero-order valence-corrected chi connectivity index (χ0v) is 12.6. The summed E-state index contributed by atoms with van der Waals surface area (Å²) in [5.74, 6) is -0.804. The van der Waals surface area contributed by atoms with Gasteiger partial charge in [-0.15, -0.1) is 0 Å². The minimum atomic E-state index is -0.546. The van der Waals surface area contributed by atoms with Crippen LogP contribution in [-0.4, -0.2) is 55.6 Å². The third kappa shape index (κ3) is 5.12. The number of thiophene rings is 1. The van der Waals surface area contributed by atoms with Crippen molar-refractivity contribution in [2.45, 2.75) is 6.42 Å². The summed E-state index contributed by atoms with van der Waals surface area (Å²) < 4.78 is 9.45. The fourth-order valence-electron chi connectivity index (χ4n) is 1.56. The Morgan fingerprint density at radius 3 is 2.62 bits per heavy atom. The van der Waals surface area contributed by atoms with E-state index < -0.39 is 10.9 Å². The number of nitrogens with zero attached hydrogens (tertiary/aromatic N) is 2. The van der Waals surface area contributed by atoms with Gasteiger partial charge in [0, 0.05) is 31.6 Å². The van der Waals surface area contributed by atoms with Gasteiger partial charge < -0.3 is 14.4 Å². The van der Waals surface area contributed by atoms with E-state index in [-0.39, 0.29) is 36.0 Å². The SMILES string of the molecule is COCCN(CCC(=O)OC)C(=O)c1csc([N+](=O)[O-])c1. The van der Waals surface area contributed by atoms with Crippen LogP contribution in [0.2, 0.25) is 0 Å². The summed E-state index contributed by atoms with van der Waals surface area (Å²) in [4.78, 5) is 35.0.